The second-order valence-corrected chi connectivity index (χ2v) is 6.56. The zero-order valence-corrected chi connectivity index (χ0v) is 15.0. The Morgan fingerprint density at radius 3 is 2.77 bits per heavy atom. The maximum Gasteiger partial charge on any atom is 0.258 e. The molecule has 2 heterocycles. The Hall–Kier alpha value is -3.17. The Morgan fingerprint density at radius 1 is 1.19 bits per heavy atom. The molecule has 2 aromatic heterocycles. The molecular formula is C20H16N4OS. The van der Waals surface area contributed by atoms with E-state index in [-0.39, 0.29) is 5.91 Å². The van der Waals surface area contributed by atoms with Crippen molar-refractivity contribution in [3.05, 3.63) is 83.3 Å². The third kappa shape index (κ3) is 4.26. The van der Waals surface area contributed by atoms with Crippen LogP contribution in [0.2, 0.25) is 0 Å². The number of anilines is 1. The maximum absolute atomic E-state index is 12.7. The molecule has 1 aromatic carbocycles. The quantitative estimate of drug-likeness (QED) is 0.690. The molecule has 0 unspecified atom stereocenters. The van der Waals surface area contributed by atoms with Crippen molar-refractivity contribution in [1.82, 2.24) is 9.97 Å². The van der Waals surface area contributed by atoms with Crippen LogP contribution in [-0.4, -0.2) is 15.9 Å². The van der Waals surface area contributed by atoms with Crippen molar-refractivity contribution < 1.29 is 4.79 Å². The van der Waals surface area contributed by atoms with Crippen molar-refractivity contribution in [2.75, 3.05) is 5.32 Å². The molecule has 5 nitrogen and oxygen atoms in total. The van der Waals surface area contributed by atoms with Gasteiger partial charge in [0.25, 0.3) is 5.91 Å². The van der Waals surface area contributed by atoms with Crippen LogP contribution in [0.15, 0.2) is 66.1 Å². The predicted molar refractivity (Wildman–Crippen MR) is 102 cm³/mol. The van der Waals surface area contributed by atoms with Gasteiger partial charge in [0.15, 0.2) is 0 Å². The van der Waals surface area contributed by atoms with Gasteiger partial charge in [0, 0.05) is 30.0 Å². The summed E-state index contributed by atoms with van der Waals surface area (Å²) in [5.74, 6) is 0.450. The molecule has 0 atom stereocenters. The molecule has 128 valence electrons. The van der Waals surface area contributed by atoms with E-state index in [2.05, 4.69) is 21.4 Å². The number of aryl methyl sites for hydroxylation is 1. The van der Waals surface area contributed by atoms with Gasteiger partial charge in [0.2, 0.25) is 0 Å². The van der Waals surface area contributed by atoms with Gasteiger partial charge in [-0.15, -0.1) is 11.8 Å². The molecule has 0 aliphatic heterocycles. The van der Waals surface area contributed by atoms with E-state index in [9.17, 15) is 4.79 Å². The Balaban J connectivity index is 1.76. The lowest BCUT2D eigenvalue weighted by Crippen LogP contribution is -2.13. The largest absolute Gasteiger partial charge is 0.322 e. The van der Waals surface area contributed by atoms with Gasteiger partial charge in [0.05, 0.1) is 17.2 Å². The van der Waals surface area contributed by atoms with E-state index in [4.69, 9.17) is 5.26 Å². The molecule has 1 amide bonds. The minimum atomic E-state index is -0.247. The number of carbonyl (C=O) groups excluding carboxylic acids is 1. The fourth-order valence-electron chi connectivity index (χ4n) is 2.33. The first-order valence-corrected chi connectivity index (χ1v) is 8.95. The molecule has 0 radical (unpaired) electrons. The van der Waals surface area contributed by atoms with Gasteiger partial charge in [-0.2, -0.15) is 5.26 Å². The SMILES string of the molecule is Cc1ccc(NC(=O)c2cccnc2SCc2ccncc2)cc1C#N. The second-order valence-electron chi connectivity index (χ2n) is 5.60. The highest BCUT2D eigenvalue weighted by molar-refractivity contribution is 7.98. The molecule has 3 aromatic rings. The van der Waals surface area contributed by atoms with Gasteiger partial charge in [-0.25, -0.2) is 4.98 Å². The number of nitrogens with one attached hydrogen (secondary N) is 1. The van der Waals surface area contributed by atoms with E-state index in [1.54, 1.807) is 42.9 Å². The number of thioether (sulfide) groups is 1. The normalized spacial score (nSPS) is 10.2. The number of nitrogens with zero attached hydrogens (tertiary/aromatic N) is 3. The molecule has 0 spiro atoms. The molecule has 3 rings (SSSR count). The van der Waals surface area contributed by atoms with E-state index in [0.29, 0.717) is 27.6 Å². The molecule has 0 aliphatic carbocycles. The summed E-state index contributed by atoms with van der Waals surface area (Å²) in [7, 11) is 0. The van der Waals surface area contributed by atoms with Crippen molar-refractivity contribution in [2.45, 2.75) is 17.7 Å². The van der Waals surface area contributed by atoms with Crippen LogP contribution in [0.1, 0.15) is 27.0 Å². The van der Waals surface area contributed by atoms with Crippen LogP contribution in [-0.2, 0) is 5.75 Å². The summed E-state index contributed by atoms with van der Waals surface area (Å²) >= 11 is 1.50. The molecule has 0 aliphatic rings. The predicted octanol–water partition coefficient (Wildman–Crippen LogP) is 4.20. The summed E-state index contributed by atoms with van der Waals surface area (Å²) in [6.45, 7) is 1.86. The van der Waals surface area contributed by atoms with Gasteiger partial charge in [-0.3, -0.25) is 9.78 Å². The second kappa shape index (κ2) is 8.28. The summed E-state index contributed by atoms with van der Waals surface area (Å²) in [4.78, 5) is 21.0. The molecule has 1 N–H and O–H groups in total. The third-order valence-electron chi connectivity index (χ3n) is 3.76. The number of pyridine rings is 2. The van der Waals surface area contributed by atoms with Crippen LogP contribution in [0, 0.1) is 18.3 Å². The van der Waals surface area contributed by atoms with Gasteiger partial charge in [0.1, 0.15) is 5.03 Å². The van der Waals surface area contributed by atoms with Crippen molar-refractivity contribution in [2.24, 2.45) is 0 Å². The van der Waals surface area contributed by atoms with Crippen molar-refractivity contribution in [3.63, 3.8) is 0 Å². The van der Waals surface area contributed by atoms with Crippen molar-refractivity contribution >= 4 is 23.4 Å². The molecule has 0 fully saturated rings. The smallest absolute Gasteiger partial charge is 0.258 e. The van der Waals surface area contributed by atoms with E-state index in [1.807, 2.05) is 25.1 Å². The summed E-state index contributed by atoms with van der Waals surface area (Å²) in [5, 5.41) is 12.6. The van der Waals surface area contributed by atoms with E-state index in [1.165, 1.54) is 11.8 Å². The number of rotatable bonds is 5. The number of benzene rings is 1. The summed E-state index contributed by atoms with van der Waals surface area (Å²) in [6.07, 6.45) is 5.16. The molecule has 0 saturated heterocycles. The summed E-state index contributed by atoms with van der Waals surface area (Å²) in [5.41, 5.74) is 3.62. The Labute approximate surface area is 156 Å². The van der Waals surface area contributed by atoms with Crippen LogP contribution >= 0.6 is 11.8 Å². The number of aromatic nitrogens is 2. The number of hydrogen-bond acceptors (Lipinski definition) is 5. The van der Waals surface area contributed by atoms with E-state index < -0.39 is 0 Å². The average molecular weight is 360 g/mol. The lowest BCUT2D eigenvalue weighted by atomic mass is 10.1. The highest BCUT2D eigenvalue weighted by Gasteiger charge is 2.13. The lowest BCUT2D eigenvalue weighted by molar-refractivity contribution is 0.102. The third-order valence-corrected chi connectivity index (χ3v) is 4.83. The minimum absolute atomic E-state index is 0.247. The van der Waals surface area contributed by atoms with Crippen LogP contribution < -0.4 is 5.32 Å². The molecule has 26 heavy (non-hydrogen) atoms. The minimum Gasteiger partial charge on any atom is -0.322 e. The Bertz CT molecular complexity index is 967. The zero-order chi connectivity index (χ0) is 18.4. The molecular weight excluding hydrogens is 344 g/mol. The standard InChI is InChI=1S/C20H16N4OS/c1-14-4-5-17(11-16(14)12-21)24-19(25)18-3-2-8-23-20(18)26-13-15-6-9-22-10-7-15/h2-11H,13H2,1H3,(H,24,25). The van der Waals surface area contributed by atoms with E-state index >= 15 is 0 Å². The van der Waals surface area contributed by atoms with Crippen molar-refractivity contribution in [3.8, 4) is 6.07 Å². The Kier molecular flexibility index (Phi) is 5.62. The summed E-state index contributed by atoms with van der Waals surface area (Å²) in [6, 6.07) is 14.8. The number of carbonyl (C=O) groups is 1. The maximum atomic E-state index is 12.7. The Morgan fingerprint density at radius 2 is 2.00 bits per heavy atom. The number of nitriles is 1. The van der Waals surface area contributed by atoms with Crippen LogP contribution in [0.25, 0.3) is 0 Å². The fourth-order valence-corrected chi connectivity index (χ4v) is 3.28. The highest BCUT2D eigenvalue weighted by atomic mass is 32.2. The van der Waals surface area contributed by atoms with E-state index in [0.717, 1.165) is 11.1 Å². The first-order chi connectivity index (χ1) is 12.7. The first kappa shape index (κ1) is 17.6. The number of amides is 1. The molecule has 0 saturated carbocycles. The fraction of sp³-hybridized carbons (Fsp3) is 0.100. The van der Waals surface area contributed by atoms with Gasteiger partial charge < -0.3 is 5.32 Å². The van der Waals surface area contributed by atoms with Crippen LogP contribution in [0.5, 0.6) is 0 Å². The van der Waals surface area contributed by atoms with Crippen LogP contribution in [0.4, 0.5) is 5.69 Å². The van der Waals surface area contributed by atoms with Crippen LogP contribution in [0.3, 0.4) is 0 Å². The highest BCUT2D eigenvalue weighted by Crippen LogP contribution is 2.25. The van der Waals surface area contributed by atoms with Crippen molar-refractivity contribution in [1.29, 1.82) is 5.26 Å². The average Bonchev–Trinajstić information content (AvgIpc) is 2.69. The first-order valence-electron chi connectivity index (χ1n) is 7.96. The van der Waals surface area contributed by atoms with Gasteiger partial charge in [-0.05, 0) is 54.4 Å². The van der Waals surface area contributed by atoms with Gasteiger partial charge >= 0.3 is 0 Å². The zero-order valence-electron chi connectivity index (χ0n) is 14.1. The van der Waals surface area contributed by atoms with Gasteiger partial charge in [-0.1, -0.05) is 6.07 Å². The monoisotopic (exact) mass is 360 g/mol. The number of hydrogen-bond donors (Lipinski definition) is 1. The molecule has 0 bridgehead atoms. The lowest BCUT2D eigenvalue weighted by Gasteiger charge is -2.10. The summed E-state index contributed by atoms with van der Waals surface area (Å²) < 4.78 is 0. The molecule has 6 heteroatoms. The topological polar surface area (TPSA) is 78.7 Å².